The van der Waals surface area contributed by atoms with Gasteiger partial charge in [0.15, 0.2) is 5.76 Å². The zero-order valence-electron chi connectivity index (χ0n) is 21.2. The molecule has 0 N–H and O–H groups in total. The molecule has 1 aliphatic heterocycles. The Labute approximate surface area is 222 Å². The van der Waals surface area contributed by atoms with Crippen LogP contribution in [0.3, 0.4) is 0 Å². The molecule has 38 heavy (non-hydrogen) atoms. The Hall–Kier alpha value is -3.63. The zero-order chi connectivity index (χ0) is 27.0. The van der Waals surface area contributed by atoms with Gasteiger partial charge in [-0.15, -0.1) is 0 Å². The van der Waals surface area contributed by atoms with Crippen LogP contribution in [-0.2, 0) is 26.1 Å². The van der Waals surface area contributed by atoms with E-state index in [1.165, 1.54) is 36.6 Å². The molecule has 0 aliphatic carbocycles. The van der Waals surface area contributed by atoms with Gasteiger partial charge in [0.2, 0.25) is 0 Å². The summed E-state index contributed by atoms with van der Waals surface area (Å²) in [6.07, 6.45) is 4.76. The van der Waals surface area contributed by atoms with Gasteiger partial charge >= 0.3 is 16.1 Å². The summed E-state index contributed by atoms with van der Waals surface area (Å²) < 4.78 is 47.6. The predicted octanol–water partition coefficient (Wildman–Crippen LogP) is 4.83. The largest absolute Gasteiger partial charge is 0.462 e. The number of carbonyl (C=O) groups is 2. The lowest BCUT2D eigenvalue weighted by Gasteiger charge is -2.25. The lowest BCUT2D eigenvalue weighted by molar-refractivity contribution is 0.0482. The van der Waals surface area contributed by atoms with Crippen molar-refractivity contribution in [3.8, 4) is 5.75 Å². The quantitative estimate of drug-likeness (QED) is 0.182. The number of rotatable bonds is 12. The summed E-state index contributed by atoms with van der Waals surface area (Å²) in [5, 5.41) is 0. The van der Waals surface area contributed by atoms with Crippen molar-refractivity contribution < 1.29 is 36.1 Å². The second kappa shape index (κ2) is 12.7. The first-order valence-electron chi connectivity index (χ1n) is 12.6. The van der Waals surface area contributed by atoms with E-state index < -0.39 is 16.1 Å². The van der Waals surface area contributed by atoms with E-state index in [0.29, 0.717) is 19.6 Å². The monoisotopic (exact) mass is 541 g/mol. The molecule has 1 fully saturated rings. The van der Waals surface area contributed by atoms with Crippen molar-refractivity contribution in [1.29, 1.82) is 0 Å². The topological polar surface area (TPSA) is 112 Å². The molecular formula is C28H31NO8S. The number of furan rings is 1. The fourth-order valence-electron chi connectivity index (χ4n) is 4.09. The highest BCUT2D eigenvalue weighted by atomic mass is 32.2. The van der Waals surface area contributed by atoms with Crippen LogP contribution in [0.4, 0.5) is 0 Å². The van der Waals surface area contributed by atoms with Crippen molar-refractivity contribution in [2.24, 2.45) is 0 Å². The average Bonchev–Trinajstić information content (AvgIpc) is 3.64. The van der Waals surface area contributed by atoms with Gasteiger partial charge in [-0.2, -0.15) is 8.42 Å². The summed E-state index contributed by atoms with van der Waals surface area (Å²) in [5.74, 6) is -0.660. The number of amides is 1. The summed E-state index contributed by atoms with van der Waals surface area (Å²) in [5.41, 5.74) is 0.689. The third kappa shape index (κ3) is 7.02. The molecule has 9 nitrogen and oxygen atoms in total. The highest BCUT2D eigenvalue weighted by Crippen LogP contribution is 2.24. The van der Waals surface area contributed by atoms with E-state index in [9.17, 15) is 18.0 Å². The Bertz CT molecular complexity index is 1310. The van der Waals surface area contributed by atoms with E-state index in [1.807, 2.05) is 6.92 Å². The van der Waals surface area contributed by atoms with Gasteiger partial charge in [0.05, 0.1) is 24.5 Å². The number of unbranched alkanes of at least 4 members (excludes halogenated alkanes) is 1. The molecule has 0 unspecified atom stereocenters. The minimum absolute atomic E-state index is 0.0459. The van der Waals surface area contributed by atoms with Crippen LogP contribution in [0.2, 0.25) is 0 Å². The molecule has 202 valence electrons. The lowest BCUT2D eigenvalue weighted by Crippen LogP contribution is -2.36. The average molecular weight is 542 g/mol. The van der Waals surface area contributed by atoms with E-state index in [0.717, 1.165) is 24.8 Å². The van der Waals surface area contributed by atoms with E-state index in [2.05, 4.69) is 0 Å². The van der Waals surface area contributed by atoms with Gasteiger partial charge in [0.25, 0.3) is 5.91 Å². The van der Waals surface area contributed by atoms with Gasteiger partial charge in [0.1, 0.15) is 10.6 Å². The SMILES string of the molecule is CCCCOC(=O)c1ccccc1S(=O)(=O)Oc1ccc(CN(C[C@@H]2CCCO2)C(=O)c2ccco2)cc1. The van der Waals surface area contributed by atoms with Crippen molar-refractivity contribution in [3.05, 3.63) is 83.8 Å². The maximum atomic E-state index is 13.0. The van der Waals surface area contributed by atoms with Crippen LogP contribution in [-0.4, -0.2) is 51.1 Å². The molecule has 1 atom stereocenters. The molecule has 1 aromatic heterocycles. The molecule has 1 saturated heterocycles. The second-order valence-electron chi connectivity index (χ2n) is 8.97. The Balaban J connectivity index is 1.46. The number of hydrogen-bond donors (Lipinski definition) is 0. The molecule has 4 rings (SSSR count). The van der Waals surface area contributed by atoms with Gasteiger partial charge in [-0.25, -0.2) is 4.79 Å². The third-order valence-corrected chi connectivity index (χ3v) is 7.38. The number of carbonyl (C=O) groups excluding carboxylic acids is 2. The van der Waals surface area contributed by atoms with Gasteiger partial charge < -0.3 is 23.0 Å². The van der Waals surface area contributed by atoms with E-state index in [-0.39, 0.29) is 47.1 Å². The van der Waals surface area contributed by atoms with Crippen molar-refractivity contribution in [3.63, 3.8) is 0 Å². The Morgan fingerprint density at radius 3 is 2.53 bits per heavy atom. The molecule has 1 aliphatic rings. The number of ether oxygens (including phenoxy) is 2. The van der Waals surface area contributed by atoms with Crippen LogP contribution >= 0.6 is 0 Å². The van der Waals surface area contributed by atoms with Gasteiger partial charge in [-0.3, -0.25) is 4.79 Å². The van der Waals surface area contributed by atoms with Crippen LogP contribution < -0.4 is 4.18 Å². The molecule has 0 radical (unpaired) electrons. The van der Waals surface area contributed by atoms with Gasteiger partial charge in [-0.05, 0) is 61.2 Å². The maximum absolute atomic E-state index is 13.0. The second-order valence-corrected chi connectivity index (χ2v) is 10.5. The van der Waals surface area contributed by atoms with Crippen molar-refractivity contribution in [2.45, 2.75) is 50.2 Å². The van der Waals surface area contributed by atoms with Crippen molar-refractivity contribution >= 4 is 22.0 Å². The first-order valence-corrected chi connectivity index (χ1v) is 14.0. The van der Waals surface area contributed by atoms with Gasteiger partial charge in [-0.1, -0.05) is 37.6 Å². The smallest absolute Gasteiger partial charge is 0.340 e. The number of benzene rings is 2. The van der Waals surface area contributed by atoms with E-state index in [1.54, 1.807) is 35.2 Å². The molecule has 2 heterocycles. The molecule has 10 heteroatoms. The first-order chi connectivity index (χ1) is 18.4. The summed E-state index contributed by atoms with van der Waals surface area (Å²) in [7, 11) is -4.31. The van der Waals surface area contributed by atoms with Crippen LogP contribution in [0.25, 0.3) is 0 Å². The van der Waals surface area contributed by atoms with E-state index >= 15 is 0 Å². The lowest BCUT2D eigenvalue weighted by atomic mass is 10.1. The summed E-state index contributed by atoms with van der Waals surface area (Å²) in [6, 6.07) is 15.5. The highest BCUT2D eigenvalue weighted by molar-refractivity contribution is 7.87. The fourth-order valence-corrected chi connectivity index (χ4v) is 5.21. The normalized spacial score (nSPS) is 15.2. The van der Waals surface area contributed by atoms with Crippen LogP contribution in [0.1, 0.15) is 59.1 Å². The number of nitrogens with zero attached hydrogens (tertiary/aromatic N) is 1. The maximum Gasteiger partial charge on any atom is 0.340 e. The van der Waals surface area contributed by atoms with Crippen LogP contribution in [0, 0.1) is 0 Å². The highest BCUT2D eigenvalue weighted by Gasteiger charge is 2.27. The minimum atomic E-state index is -4.31. The molecule has 3 aromatic rings. The minimum Gasteiger partial charge on any atom is -0.462 e. The third-order valence-electron chi connectivity index (χ3n) is 6.08. The fraction of sp³-hybridized carbons (Fsp3) is 0.357. The standard InChI is InChI=1S/C28H31NO8S/c1-2-3-16-36-28(31)24-9-4-5-11-26(24)38(32,33)37-22-14-12-21(13-15-22)19-29(20-23-8-6-17-34-23)27(30)25-10-7-18-35-25/h4-5,7,9-15,18,23H,2-3,6,8,16-17,19-20H2,1H3/t23-/m0/s1. The summed E-state index contributed by atoms with van der Waals surface area (Å²) in [6.45, 7) is 3.53. The number of hydrogen-bond acceptors (Lipinski definition) is 8. The van der Waals surface area contributed by atoms with Crippen molar-refractivity contribution in [2.75, 3.05) is 19.8 Å². The summed E-state index contributed by atoms with van der Waals surface area (Å²) in [4.78, 5) is 26.9. The number of esters is 1. The molecule has 2 aromatic carbocycles. The van der Waals surface area contributed by atoms with Crippen LogP contribution in [0.5, 0.6) is 5.75 Å². The van der Waals surface area contributed by atoms with Crippen molar-refractivity contribution in [1.82, 2.24) is 4.90 Å². The van der Waals surface area contributed by atoms with Gasteiger partial charge in [0, 0.05) is 19.7 Å². The predicted molar refractivity (Wildman–Crippen MR) is 138 cm³/mol. The Morgan fingerprint density at radius 2 is 1.84 bits per heavy atom. The zero-order valence-corrected chi connectivity index (χ0v) is 22.0. The molecular weight excluding hydrogens is 510 g/mol. The molecule has 1 amide bonds. The summed E-state index contributed by atoms with van der Waals surface area (Å²) >= 11 is 0. The molecule has 0 saturated carbocycles. The van der Waals surface area contributed by atoms with Crippen LogP contribution in [0.15, 0.2) is 76.2 Å². The Kier molecular flexibility index (Phi) is 9.19. The molecule has 0 bridgehead atoms. The Morgan fingerprint density at radius 1 is 1.05 bits per heavy atom. The van der Waals surface area contributed by atoms with E-state index in [4.69, 9.17) is 18.1 Å². The molecule has 0 spiro atoms. The first kappa shape index (κ1) is 27.4.